The smallest absolute Gasteiger partial charge is 0.248 e. The molecule has 8 heteroatoms. The summed E-state index contributed by atoms with van der Waals surface area (Å²) >= 11 is 1.56. The van der Waals surface area contributed by atoms with Gasteiger partial charge in [0.25, 0.3) is 0 Å². The third-order valence-corrected chi connectivity index (χ3v) is 5.27. The lowest BCUT2D eigenvalue weighted by atomic mass is 10.2. The number of nitrogens with zero attached hydrogens (tertiary/aromatic N) is 3. The summed E-state index contributed by atoms with van der Waals surface area (Å²) in [6.45, 7) is 0.644. The standard InChI is InChI=1S/C17H20N4O3S/c22-15(21-8-1-2-13(21)16(23)18-12-3-4-12)6-5-14-19-20-17(24-14)11-7-9-25-10-11/h7,9-10,12-13H,1-6,8H2,(H,18,23). The van der Waals surface area contributed by atoms with Crippen LogP contribution in [0.5, 0.6) is 0 Å². The van der Waals surface area contributed by atoms with Gasteiger partial charge >= 0.3 is 0 Å². The maximum atomic E-state index is 12.5. The molecular formula is C17H20N4O3S. The molecule has 0 radical (unpaired) electrons. The highest BCUT2D eigenvalue weighted by Crippen LogP contribution is 2.24. The Hall–Kier alpha value is -2.22. The fourth-order valence-corrected chi connectivity index (χ4v) is 3.71. The number of aryl methyl sites for hydroxylation is 1. The van der Waals surface area contributed by atoms with Crippen LogP contribution in [0, 0.1) is 0 Å². The van der Waals surface area contributed by atoms with Crippen molar-refractivity contribution in [2.75, 3.05) is 6.54 Å². The first-order valence-electron chi connectivity index (χ1n) is 8.65. The fourth-order valence-electron chi connectivity index (χ4n) is 3.08. The van der Waals surface area contributed by atoms with Crippen molar-refractivity contribution in [3.05, 3.63) is 22.7 Å². The van der Waals surface area contributed by atoms with Crippen LogP contribution in [-0.2, 0) is 16.0 Å². The van der Waals surface area contributed by atoms with Gasteiger partial charge in [0.1, 0.15) is 6.04 Å². The van der Waals surface area contributed by atoms with Gasteiger partial charge in [-0.2, -0.15) is 11.3 Å². The van der Waals surface area contributed by atoms with Crippen molar-refractivity contribution >= 4 is 23.2 Å². The number of hydrogen-bond acceptors (Lipinski definition) is 6. The number of nitrogens with one attached hydrogen (secondary N) is 1. The van der Waals surface area contributed by atoms with Crippen LogP contribution in [0.3, 0.4) is 0 Å². The molecule has 1 saturated heterocycles. The zero-order chi connectivity index (χ0) is 17.2. The Morgan fingerprint density at radius 2 is 2.20 bits per heavy atom. The molecule has 0 spiro atoms. The summed E-state index contributed by atoms with van der Waals surface area (Å²) < 4.78 is 5.61. The molecule has 132 valence electrons. The molecule has 1 saturated carbocycles. The first kappa shape index (κ1) is 16.3. The largest absolute Gasteiger partial charge is 0.421 e. The third-order valence-electron chi connectivity index (χ3n) is 4.59. The Bertz CT molecular complexity index is 754. The Balaban J connectivity index is 1.32. The number of carbonyl (C=O) groups is 2. The lowest BCUT2D eigenvalue weighted by Crippen LogP contribution is -2.46. The number of amides is 2. The molecule has 2 aromatic rings. The molecule has 2 aromatic heterocycles. The maximum absolute atomic E-state index is 12.5. The van der Waals surface area contributed by atoms with Gasteiger partial charge in [-0.1, -0.05) is 0 Å². The van der Waals surface area contributed by atoms with Gasteiger partial charge in [0.05, 0.1) is 0 Å². The van der Waals surface area contributed by atoms with Crippen molar-refractivity contribution in [2.45, 2.75) is 50.6 Å². The molecule has 4 rings (SSSR count). The first-order valence-corrected chi connectivity index (χ1v) is 9.60. The SMILES string of the molecule is O=C(NC1CC1)C1CCCN1C(=O)CCc1nnc(-c2ccsc2)o1. The van der Waals surface area contributed by atoms with Gasteiger partial charge in [0.15, 0.2) is 0 Å². The van der Waals surface area contributed by atoms with Crippen molar-refractivity contribution < 1.29 is 14.0 Å². The topological polar surface area (TPSA) is 88.3 Å². The molecule has 25 heavy (non-hydrogen) atoms. The maximum Gasteiger partial charge on any atom is 0.248 e. The highest BCUT2D eigenvalue weighted by atomic mass is 32.1. The number of aromatic nitrogens is 2. The van der Waals surface area contributed by atoms with Gasteiger partial charge in [-0.05, 0) is 37.1 Å². The van der Waals surface area contributed by atoms with E-state index in [1.165, 1.54) is 0 Å². The average Bonchev–Trinajstić information content (AvgIpc) is 3.10. The van der Waals surface area contributed by atoms with E-state index in [0.717, 1.165) is 31.2 Å². The number of carbonyl (C=O) groups excluding carboxylic acids is 2. The molecule has 1 atom stereocenters. The molecule has 2 fully saturated rings. The molecule has 1 N–H and O–H groups in total. The molecule has 0 bridgehead atoms. The predicted molar refractivity (Wildman–Crippen MR) is 91.8 cm³/mol. The summed E-state index contributed by atoms with van der Waals surface area (Å²) in [5, 5.41) is 14.9. The van der Waals surface area contributed by atoms with Crippen LogP contribution in [0.15, 0.2) is 21.2 Å². The van der Waals surface area contributed by atoms with Crippen LogP contribution in [0.1, 0.15) is 38.0 Å². The third kappa shape index (κ3) is 3.73. The fraction of sp³-hybridized carbons (Fsp3) is 0.529. The monoisotopic (exact) mass is 360 g/mol. The van der Waals surface area contributed by atoms with E-state index in [2.05, 4.69) is 15.5 Å². The van der Waals surface area contributed by atoms with Gasteiger partial charge in [0, 0.05) is 36.4 Å². The van der Waals surface area contributed by atoms with Gasteiger partial charge in [-0.25, -0.2) is 0 Å². The van der Waals surface area contributed by atoms with Crippen LogP contribution < -0.4 is 5.32 Å². The van der Waals surface area contributed by atoms with Crippen LogP contribution >= 0.6 is 11.3 Å². The van der Waals surface area contributed by atoms with E-state index in [1.807, 2.05) is 16.8 Å². The second-order valence-corrected chi connectivity index (χ2v) is 7.32. The molecule has 1 aliphatic carbocycles. The van der Waals surface area contributed by atoms with E-state index in [-0.39, 0.29) is 24.3 Å². The van der Waals surface area contributed by atoms with Crippen molar-refractivity contribution in [1.29, 1.82) is 0 Å². The summed E-state index contributed by atoms with van der Waals surface area (Å²) in [4.78, 5) is 26.5. The van der Waals surface area contributed by atoms with Gasteiger partial charge in [0.2, 0.25) is 23.6 Å². The minimum atomic E-state index is -0.322. The molecule has 2 amide bonds. The number of hydrogen-bond donors (Lipinski definition) is 1. The zero-order valence-corrected chi connectivity index (χ0v) is 14.6. The summed E-state index contributed by atoms with van der Waals surface area (Å²) in [5.41, 5.74) is 0.895. The minimum absolute atomic E-state index is 0.00844. The highest BCUT2D eigenvalue weighted by Gasteiger charge is 2.36. The lowest BCUT2D eigenvalue weighted by molar-refractivity contribution is -0.138. The first-order chi connectivity index (χ1) is 12.2. The van der Waals surface area contributed by atoms with E-state index >= 15 is 0 Å². The molecule has 1 unspecified atom stereocenters. The lowest BCUT2D eigenvalue weighted by Gasteiger charge is -2.23. The molecule has 3 heterocycles. The molecular weight excluding hydrogens is 340 g/mol. The quantitative estimate of drug-likeness (QED) is 0.851. The summed E-state index contributed by atoms with van der Waals surface area (Å²) in [5.74, 6) is 0.897. The van der Waals surface area contributed by atoms with Crippen molar-refractivity contribution in [3.8, 4) is 11.5 Å². The summed E-state index contributed by atoms with van der Waals surface area (Å²) in [6, 6.07) is 1.91. The van der Waals surface area contributed by atoms with E-state index < -0.39 is 0 Å². The van der Waals surface area contributed by atoms with Crippen LogP contribution in [0.2, 0.25) is 0 Å². The van der Waals surface area contributed by atoms with E-state index in [0.29, 0.717) is 30.8 Å². The summed E-state index contributed by atoms with van der Waals surface area (Å²) in [7, 11) is 0. The Kier molecular flexibility index (Phi) is 4.52. The molecule has 2 aliphatic rings. The van der Waals surface area contributed by atoms with Gasteiger partial charge in [-0.3, -0.25) is 9.59 Å². The van der Waals surface area contributed by atoms with E-state index in [4.69, 9.17) is 4.42 Å². The number of thiophene rings is 1. The second kappa shape index (κ2) is 6.95. The second-order valence-electron chi connectivity index (χ2n) is 6.54. The average molecular weight is 360 g/mol. The van der Waals surface area contributed by atoms with Crippen LogP contribution in [0.25, 0.3) is 11.5 Å². The van der Waals surface area contributed by atoms with Gasteiger partial charge < -0.3 is 14.6 Å². The molecule has 1 aliphatic heterocycles. The minimum Gasteiger partial charge on any atom is -0.421 e. The normalized spacial score (nSPS) is 20.0. The van der Waals surface area contributed by atoms with Crippen LogP contribution in [0.4, 0.5) is 0 Å². The molecule has 7 nitrogen and oxygen atoms in total. The summed E-state index contributed by atoms with van der Waals surface area (Å²) in [6.07, 6.45) is 4.39. The predicted octanol–water partition coefficient (Wildman–Crippen LogP) is 2.00. The molecule has 0 aromatic carbocycles. The Morgan fingerprint density at radius 1 is 1.32 bits per heavy atom. The number of rotatable bonds is 6. The zero-order valence-electron chi connectivity index (χ0n) is 13.8. The van der Waals surface area contributed by atoms with Crippen LogP contribution in [-0.4, -0.2) is 45.5 Å². The van der Waals surface area contributed by atoms with Crippen molar-refractivity contribution in [3.63, 3.8) is 0 Å². The van der Waals surface area contributed by atoms with E-state index in [1.54, 1.807) is 16.2 Å². The van der Waals surface area contributed by atoms with Crippen molar-refractivity contribution in [1.82, 2.24) is 20.4 Å². The number of likely N-dealkylation sites (tertiary alicyclic amines) is 1. The van der Waals surface area contributed by atoms with Gasteiger partial charge in [-0.15, -0.1) is 10.2 Å². The Morgan fingerprint density at radius 3 is 2.96 bits per heavy atom. The van der Waals surface area contributed by atoms with E-state index in [9.17, 15) is 9.59 Å². The highest BCUT2D eigenvalue weighted by molar-refractivity contribution is 7.08. The van der Waals surface area contributed by atoms with Crippen molar-refractivity contribution in [2.24, 2.45) is 0 Å². The Labute approximate surface area is 149 Å².